The Morgan fingerprint density at radius 2 is 1.57 bits per heavy atom. The average molecular weight is 470 g/mol. The van der Waals surface area contributed by atoms with Crippen molar-refractivity contribution in [2.45, 2.75) is 33.2 Å². The van der Waals surface area contributed by atoms with Gasteiger partial charge in [0.25, 0.3) is 5.91 Å². The molecule has 3 aromatic carbocycles. The van der Waals surface area contributed by atoms with Gasteiger partial charge < -0.3 is 13.9 Å². The van der Waals surface area contributed by atoms with E-state index >= 15 is 0 Å². The minimum atomic E-state index is -0.631. The van der Waals surface area contributed by atoms with Gasteiger partial charge in [-0.2, -0.15) is 0 Å². The summed E-state index contributed by atoms with van der Waals surface area (Å²) in [4.78, 5) is 29.2. The molecule has 0 fully saturated rings. The highest BCUT2D eigenvalue weighted by Crippen LogP contribution is 2.42. The van der Waals surface area contributed by atoms with E-state index in [0.29, 0.717) is 34.6 Å². The number of ether oxygens (including phenoxy) is 2. The van der Waals surface area contributed by atoms with Crippen molar-refractivity contribution in [3.63, 3.8) is 0 Å². The minimum absolute atomic E-state index is 0.0814. The van der Waals surface area contributed by atoms with Crippen LogP contribution < -0.4 is 19.8 Å². The van der Waals surface area contributed by atoms with Gasteiger partial charge in [-0.05, 0) is 85.5 Å². The summed E-state index contributed by atoms with van der Waals surface area (Å²) in [6.07, 6.45) is 0.907. The van der Waals surface area contributed by atoms with Crippen LogP contribution in [0.5, 0.6) is 11.5 Å². The van der Waals surface area contributed by atoms with Crippen molar-refractivity contribution in [2.75, 3.05) is 18.6 Å². The normalized spacial score (nSPS) is 14.9. The first-order valence-corrected chi connectivity index (χ1v) is 11.7. The number of fused-ring (bicyclic) bond motifs is 2. The number of carbonyl (C=O) groups is 1. The number of hydrogen-bond donors (Lipinski definition) is 0. The molecule has 6 nitrogen and oxygen atoms in total. The Bertz CT molecular complexity index is 1470. The summed E-state index contributed by atoms with van der Waals surface area (Å²) in [5.74, 6) is 1.15. The van der Waals surface area contributed by atoms with Crippen molar-refractivity contribution in [2.24, 2.45) is 0 Å². The summed E-state index contributed by atoms with van der Waals surface area (Å²) < 4.78 is 17.1. The molecule has 0 saturated heterocycles. The van der Waals surface area contributed by atoms with E-state index in [1.807, 2.05) is 62.4 Å². The van der Waals surface area contributed by atoms with Gasteiger partial charge in [0.1, 0.15) is 17.1 Å². The number of aryl methyl sites for hydroxylation is 2. The first-order valence-electron chi connectivity index (χ1n) is 11.7. The number of rotatable bonds is 6. The summed E-state index contributed by atoms with van der Waals surface area (Å²) in [5, 5.41) is 0.476. The standard InChI is InChI=1S/C29H27NO5/c1-5-14-34-22-10-6-19(7-11-22)26-25-27(31)23-15-17(2)18(3)16-24(23)35-28(25)29(32)30(26)20-8-12-21(33-4)13-9-20/h6-13,15-16,26H,5,14H2,1-4H3. The molecule has 2 heterocycles. The fourth-order valence-corrected chi connectivity index (χ4v) is 4.52. The summed E-state index contributed by atoms with van der Waals surface area (Å²) in [7, 11) is 1.59. The predicted molar refractivity (Wildman–Crippen MR) is 136 cm³/mol. The van der Waals surface area contributed by atoms with Gasteiger partial charge in [0, 0.05) is 5.69 Å². The molecular weight excluding hydrogens is 442 g/mol. The first-order chi connectivity index (χ1) is 16.9. The van der Waals surface area contributed by atoms with E-state index < -0.39 is 6.04 Å². The van der Waals surface area contributed by atoms with Gasteiger partial charge in [-0.25, -0.2) is 0 Å². The Labute approximate surface area is 203 Å². The van der Waals surface area contributed by atoms with Crippen molar-refractivity contribution in [3.8, 4) is 11.5 Å². The number of hydrogen-bond acceptors (Lipinski definition) is 5. The second-order valence-corrected chi connectivity index (χ2v) is 8.80. The average Bonchev–Trinajstić information content (AvgIpc) is 3.17. The Hall–Kier alpha value is -4.06. The maximum atomic E-state index is 13.8. The van der Waals surface area contributed by atoms with Crippen molar-refractivity contribution in [3.05, 3.63) is 98.9 Å². The van der Waals surface area contributed by atoms with Crippen LogP contribution in [-0.4, -0.2) is 19.6 Å². The number of amides is 1. The SMILES string of the molecule is CCCOc1ccc(C2c3c(oc4cc(C)c(C)cc4c3=O)C(=O)N2c2ccc(OC)cc2)cc1. The fourth-order valence-electron chi connectivity index (χ4n) is 4.52. The third-order valence-electron chi connectivity index (χ3n) is 6.51. The number of benzene rings is 3. The second kappa shape index (κ2) is 8.95. The lowest BCUT2D eigenvalue weighted by Crippen LogP contribution is -2.29. The molecule has 0 N–H and O–H groups in total. The summed E-state index contributed by atoms with van der Waals surface area (Å²) in [5.41, 5.74) is 4.02. The molecule has 4 aromatic rings. The van der Waals surface area contributed by atoms with Crippen LogP contribution in [0.1, 0.15) is 52.2 Å². The maximum Gasteiger partial charge on any atom is 0.295 e. The zero-order valence-electron chi connectivity index (χ0n) is 20.3. The van der Waals surface area contributed by atoms with E-state index in [2.05, 4.69) is 6.92 Å². The van der Waals surface area contributed by atoms with Gasteiger partial charge in [0.2, 0.25) is 5.76 Å². The smallest absolute Gasteiger partial charge is 0.295 e. The van der Waals surface area contributed by atoms with Crippen LogP contribution in [0, 0.1) is 13.8 Å². The molecule has 1 amide bonds. The number of nitrogens with zero attached hydrogens (tertiary/aromatic N) is 1. The molecule has 1 aromatic heterocycles. The number of carbonyl (C=O) groups excluding carboxylic acids is 1. The van der Waals surface area contributed by atoms with Crippen LogP contribution in [0.4, 0.5) is 5.69 Å². The van der Waals surface area contributed by atoms with Gasteiger partial charge in [0.05, 0.1) is 30.7 Å². The van der Waals surface area contributed by atoms with Gasteiger partial charge in [-0.3, -0.25) is 14.5 Å². The first kappa shape index (κ1) is 22.7. The molecule has 1 aliphatic heterocycles. The summed E-state index contributed by atoms with van der Waals surface area (Å²) in [6.45, 7) is 6.59. The van der Waals surface area contributed by atoms with Crippen LogP contribution in [0.15, 0.2) is 69.9 Å². The number of methoxy groups -OCH3 is 1. The molecule has 0 radical (unpaired) electrons. The molecule has 5 rings (SSSR count). The van der Waals surface area contributed by atoms with E-state index in [0.717, 1.165) is 28.9 Å². The molecule has 0 spiro atoms. The fraction of sp³-hybridized carbons (Fsp3) is 0.241. The van der Waals surface area contributed by atoms with Crippen molar-refractivity contribution >= 4 is 22.6 Å². The second-order valence-electron chi connectivity index (χ2n) is 8.80. The van der Waals surface area contributed by atoms with Gasteiger partial charge in [0.15, 0.2) is 5.43 Å². The molecule has 0 aliphatic carbocycles. The lowest BCUT2D eigenvalue weighted by molar-refractivity contribution is 0.0971. The molecular formula is C29H27NO5. The van der Waals surface area contributed by atoms with Crippen molar-refractivity contribution in [1.29, 1.82) is 0 Å². The van der Waals surface area contributed by atoms with Crippen LogP contribution in [0.3, 0.4) is 0 Å². The van der Waals surface area contributed by atoms with Crippen LogP contribution in [-0.2, 0) is 0 Å². The molecule has 178 valence electrons. The molecule has 0 bridgehead atoms. The number of anilines is 1. The van der Waals surface area contributed by atoms with E-state index in [4.69, 9.17) is 13.9 Å². The zero-order chi connectivity index (χ0) is 24.7. The molecule has 1 atom stereocenters. The van der Waals surface area contributed by atoms with E-state index in [-0.39, 0.29) is 17.1 Å². The van der Waals surface area contributed by atoms with Gasteiger partial charge >= 0.3 is 0 Å². The summed E-state index contributed by atoms with van der Waals surface area (Å²) >= 11 is 0. The molecule has 35 heavy (non-hydrogen) atoms. The van der Waals surface area contributed by atoms with Crippen molar-refractivity contribution < 1.29 is 18.7 Å². The Morgan fingerprint density at radius 3 is 2.23 bits per heavy atom. The highest BCUT2D eigenvalue weighted by molar-refractivity contribution is 6.10. The van der Waals surface area contributed by atoms with Crippen LogP contribution in [0.25, 0.3) is 11.0 Å². The lowest BCUT2D eigenvalue weighted by Gasteiger charge is -2.25. The van der Waals surface area contributed by atoms with Gasteiger partial charge in [-0.1, -0.05) is 19.1 Å². The predicted octanol–water partition coefficient (Wildman–Crippen LogP) is 5.96. The molecule has 1 unspecified atom stereocenters. The lowest BCUT2D eigenvalue weighted by atomic mass is 9.97. The van der Waals surface area contributed by atoms with E-state index in [1.54, 1.807) is 24.1 Å². The maximum absolute atomic E-state index is 13.8. The highest BCUT2D eigenvalue weighted by Gasteiger charge is 2.43. The molecule has 0 saturated carbocycles. The highest BCUT2D eigenvalue weighted by atomic mass is 16.5. The Morgan fingerprint density at radius 1 is 0.914 bits per heavy atom. The van der Waals surface area contributed by atoms with Crippen molar-refractivity contribution in [1.82, 2.24) is 0 Å². The van der Waals surface area contributed by atoms with Gasteiger partial charge in [-0.15, -0.1) is 0 Å². The monoisotopic (exact) mass is 469 g/mol. The Balaban J connectivity index is 1.71. The quantitative estimate of drug-likeness (QED) is 0.349. The van der Waals surface area contributed by atoms with Crippen LogP contribution in [0.2, 0.25) is 0 Å². The Kier molecular flexibility index (Phi) is 5.81. The van der Waals surface area contributed by atoms with Crippen LogP contribution >= 0.6 is 0 Å². The zero-order valence-corrected chi connectivity index (χ0v) is 20.3. The topological polar surface area (TPSA) is 69.0 Å². The largest absolute Gasteiger partial charge is 0.497 e. The van der Waals surface area contributed by atoms with E-state index in [9.17, 15) is 9.59 Å². The minimum Gasteiger partial charge on any atom is -0.497 e. The molecule has 1 aliphatic rings. The third kappa shape index (κ3) is 3.85. The third-order valence-corrected chi connectivity index (χ3v) is 6.51. The summed E-state index contributed by atoms with van der Waals surface area (Å²) in [6, 6.07) is 17.8. The van der Waals surface area contributed by atoms with E-state index in [1.165, 1.54) is 0 Å². The molecule has 6 heteroatoms.